The third-order valence-corrected chi connectivity index (χ3v) is 1.29. The normalized spacial score (nSPS) is 25.9. The molecule has 0 aromatic rings. The SMILES string of the molecule is Cl.FC(F)(F)C1CNCCO1. The van der Waals surface area contributed by atoms with Gasteiger partial charge in [0.15, 0.2) is 6.10 Å². The van der Waals surface area contributed by atoms with Gasteiger partial charge in [-0.15, -0.1) is 12.4 Å². The average molecular weight is 192 g/mol. The van der Waals surface area contributed by atoms with Gasteiger partial charge in [0.1, 0.15) is 0 Å². The van der Waals surface area contributed by atoms with Gasteiger partial charge >= 0.3 is 6.18 Å². The molecule has 1 rings (SSSR count). The predicted molar refractivity (Wildman–Crippen MR) is 35.9 cm³/mol. The molecule has 0 aromatic carbocycles. The fourth-order valence-corrected chi connectivity index (χ4v) is 0.776. The standard InChI is InChI=1S/C5H8F3NO.ClH/c6-5(7,8)4-3-9-1-2-10-4;/h4,9H,1-3H2;1H. The van der Waals surface area contributed by atoms with E-state index in [0.717, 1.165) is 0 Å². The number of hydrogen-bond donors (Lipinski definition) is 1. The zero-order valence-corrected chi connectivity index (χ0v) is 6.47. The zero-order valence-electron chi connectivity index (χ0n) is 5.65. The van der Waals surface area contributed by atoms with Crippen LogP contribution in [0.4, 0.5) is 13.2 Å². The first-order valence-electron chi connectivity index (χ1n) is 3.00. The Labute approximate surface area is 68.5 Å². The molecular weight excluding hydrogens is 183 g/mol. The fourth-order valence-electron chi connectivity index (χ4n) is 0.776. The molecule has 2 nitrogen and oxygen atoms in total. The molecule has 1 saturated heterocycles. The van der Waals surface area contributed by atoms with Crippen LogP contribution < -0.4 is 5.32 Å². The molecule has 0 aromatic heterocycles. The van der Waals surface area contributed by atoms with Crippen LogP contribution in [0.1, 0.15) is 0 Å². The fraction of sp³-hybridized carbons (Fsp3) is 1.00. The Morgan fingerprint density at radius 3 is 2.27 bits per heavy atom. The quantitative estimate of drug-likeness (QED) is 0.616. The summed E-state index contributed by atoms with van der Waals surface area (Å²) in [7, 11) is 0. The molecule has 1 atom stereocenters. The molecule has 0 bridgehead atoms. The first-order chi connectivity index (χ1) is 4.61. The van der Waals surface area contributed by atoms with Crippen LogP contribution in [0.3, 0.4) is 0 Å². The van der Waals surface area contributed by atoms with Gasteiger partial charge < -0.3 is 10.1 Å². The predicted octanol–water partition coefficient (Wildman–Crippen LogP) is 0.959. The second-order valence-corrected chi connectivity index (χ2v) is 2.11. The summed E-state index contributed by atoms with van der Waals surface area (Å²) in [6.45, 7) is 0.528. The first-order valence-corrected chi connectivity index (χ1v) is 3.00. The molecule has 68 valence electrons. The topological polar surface area (TPSA) is 21.3 Å². The summed E-state index contributed by atoms with van der Waals surface area (Å²) in [6, 6.07) is 0. The lowest BCUT2D eigenvalue weighted by atomic mass is 10.3. The second-order valence-electron chi connectivity index (χ2n) is 2.11. The summed E-state index contributed by atoms with van der Waals surface area (Å²) >= 11 is 0. The van der Waals surface area contributed by atoms with E-state index in [1.54, 1.807) is 0 Å². The van der Waals surface area contributed by atoms with E-state index in [4.69, 9.17) is 0 Å². The third-order valence-electron chi connectivity index (χ3n) is 1.29. The number of alkyl halides is 3. The van der Waals surface area contributed by atoms with Crippen molar-refractivity contribution in [3.8, 4) is 0 Å². The molecule has 0 saturated carbocycles. The molecule has 1 heterocycles. The summed E-state index contributed by atoms with van der Waals surface area (Å²) in [6.07, 6.45) is -5.82. The molecule has 1 fully saturated rings. The highest BCUT2D eigenvalue weighted by molar-refractivity contribution is 5.85. The van der Waals surface area contributed by atoms with E-state index in [-0.39, 0.29) is 25.6 Å². The highest BCUT2D eigenvalue weighted by atomic mass is 35.5. The van der Waals surface area contributed by atoms with Crippen molar-refractivity contribution < 1.29 is 17.9 Å². The highest BCUT2D eigenvalue weighted by Gasteiger charge is 2.41. The number of halogens is 4. The largest absolute Gasteiger partial charge is 0.415 e. The lowest BCUT2D eigenvalue weighted by Crippen LogP contribution is -2.46. The minimum Gasteiger partial charge on any atom is -0.366 e. The molecule has 1 N–H and O–H groups in total. The Kier molecular flexibility index (Phi) is 4.13. The number of hydrogen-bond acceptors (Lipinski definition) is 2. The van der Waals surface area contributed by atoms with Gasteiger partial charge in [0.25, 0.3) is 0 Å². The zero-order chi connectivity index (χ0) is 7.61. The van der Waals surface area contributed by atoms with Gasteiger partial charge in [0.2, 0.25) is 0 Å². The van der Waals surface area contributed by atoms with Crippen LogP contribution in [0.15, 0.2) is 0 Å². The van der Waals surface area contributed by atoms with E-state index in [1.165, 1.54) is 0 Å². The molecule has 6 heteroatoms. The van der Waals surface area contributed by atoms with Gasteiger partial charge in [-0.2, -0.15) is 13.2 Å². The lowest BCUT2D eigenvalue weighted by Gasteiger charge is -2.25. The summed E-state index contributed by atoms with van der Waals surface area (Å²) < 4.78 is 39.8. The molecule has 0 spiro atoms. The minimum atomic E-state index is -4.21. The number of nitrogens with one attached hydrogen (secondary N) is 1. The van der Waals surface area contributed by atoms with Gasteiger partial charge in [-0.3, -0.25) is 0 Å². The van der Waals surface area contributed by atoms with E-state index in [9.17, 15) is 13.2 Å². The van der Waals surface area contributed by atoms with Crippen LogP contribution in [-0.4, -0.2) is 32.0 Å². The minimum absolute atomic E-state index is 0. The summed E-state index contributed by atoms with van der Waals surface area (Å²) in [5, 5.41) is 2.60. The van der Waals surface area contributed by atoms with Crippen molar-refractivity contribution in [2.75, 3.05) is 19.7 Å². The maximum Gasteiger partial charge on any atom is 0.415 e. The van der Waals surface area contributed by atoms with Crippen molar-refractivity contribution in [1.82, 2.24) is 5.32 Å². The molecule has 0 radical (unpaired) electrons. The van der Waals surface area contributed by atoms with Gasteiger partial charge in [0, 0.05) is 13.1 Å². The first kappa shape index (κ1) is 11.0. The molecular formula is C5H9ClF3NO. The molecule has 11 heavy (non-hydrogen) atoms. The smallest absolute Gasteiger partial charge is 0.366 e. The van der Waals surface area contributed by atoms with Crippen molar-refractivity contribution in [1.29, 1.82) is 0 Å². The maximum absolute atomic E-state index is 11.8. The van der Waals surface area contributed by atoms with Gasteiger partial charge in [0.05, 0.1) is 6.61 Å². The van der Waals surface area contributed by atoms with Crippen LogP contribution in [0.25, 0.3) is 0 Å². The molecule has 0 aliphatic carbocycles. The Morgan fingerprint density at radius 1 is 1.36 bits per heavy atom. The van der Waals surface area contributed by atoms with Gasteiger partial charge in [-0.05, 0) is 0 Å². The van der Waals surface area contributed by atoms with Crippen molar-refractivity contribution >= 4 is 12.4 Å². The third kappa shape index (κ3) is 3.27. The second kappa shape index (κ2) is 4.13. The Balaban J connectivity index is 0.000001000. The van der Waals surface area contributed by atoms with Gasteiger partial charge in [-0.25, -0.2) is 0 Å². The average Bonchev–Trinajstić information content (AvgIpc) is 1.88. The molecule has 1 aliphatic rings. The Morgan fingerprint density at radius 2 is 2.00 bits per heavy atom. The van der Waals surface area contributed by atoms with Crippen molar-refractivity contribution in [2.24, 2.45) is 0 Å². The molecule has 1 unspecified atom stereocenters. The van der Waals surface area contributed by atoms with E-state index in [2.05, 4.69) is 10.1 Å². The number of morpholine rings is 1. The lowest BCUT2D eigenvalue weighted by molar-refractivity contribution is -0.224. The maximum atomic E-state index is 11.8. The van der Waals surface area contributed by atoms with E-state index >= 15 is 0 Å². The van der Waals surface area contributed by atoms with Crippen molar-refractivity contribution in [3.63, 3.8) is 0 Å². The van der Waals surface area contributed by atoms with E-state index in [0.29, 0.717) is 6.54 Å². The molecule has 0 amide bonds. The number of rotatable bonds is 0. The monoisotopic (exact) mass is 191 g/mol. The number of ether oxygens (including phenoxy) is 1. The van der Waals surface area contributed by atoms with Crippen LogP contribution >= 0.6 is 12.4 Å². The Hall–Kier alpha value is -0.0000000000000000416. The summed E-state index contributed by atoms with van der Waals surface area (Å²) in [5.41, 5.74) is 0. The summed E-state index contributed by atoms with van der Waals surface area (Å²) in [5.74, 6) is 0. The highest BCUT2D eigenvalue weighted by Crippen LogP contribution is 2.23. The summed E-state index contributed by atoms with van der Waals surface area (Å²) in [4.78, 5) is 0. The van der Waals surface area contributed by atoms with Crippen LogP contribution in [0.2, 0.25) is 0 Å². The van der Waals surface area contributed by atoms with E-state index in [1.807, 2.05) is 0 Å². The Bertz CT molecular complexity index is 113. The van der Waals surface area contributed by atoms with Crippen LogP contribution in [0, 0.1) is 0 Å². The molecule has 1 aliphatic heterocycles. The van der Waals surface area contributed by atoms with Crippen LogP contribution in [0.5, 0.6) is 0 Å². The van der Waals surface area contributed by atoms with E-state index < -0.39 is 12.3 Å². The van der Waals surface area contributed by atoms with Crippen LogP contribution in [-0.2, 0) is 4.74 Å². The van der Waals surface area contributed by atoms with Crippen molar-refractivity contribution in [2.45, 2.75) is 12.3 Å². The van der Waals surface area contributed by atoms with Crippen molar-refractivity contribution in [3.05, 3.63) is 0 Å². The van der Waals surface area contributed by atoms with Gasteiger partial charge in [-0.1, -0.05) is 0 Å².